The quantitative estimate of drug-likeness (QED) is 0.719. The lowest BCUT2D eigenvalue weighted by Crippen LogP contribution is -2.46. The SMILES string of the molecule is CC(C)Nc1cccnc1N1CCN(Cc2c[nH]c3ccc(F)cc23)CC1. The number of nitrogens with zero attached hydrogens (tertiary/aromatic N) is 3. The second kappa shape index (κ2) is 7.56. The number of fused-ring (bicyclic) bond motifs is 1. The molecule has 0 spiro atoms. The maximum Gasteiger partial charge on any atom is 0.152 e. The molecule has 4 rings (SSSR count). The summed E-state index contributed by atoms with van der Waals surface area (Å²) in [5, 5.41) is 4.46. The summed E-state index contributed by atoms with van der Waals surface area (Å²) in [6.07, 6.45) is 3.85. The molecule has 0 bridgehead atoms. The molecule has 0 unspecified atom stereocenters. The Balaban J connectivity index is 1.43. The van der Waals surface area contributed by atoms with Crippen molar-refractivity contribution in [1.29, 1.82) is 0 Å². The summed E-state index contributed by atoms with van der Waals surface area (Å²) in [5.41, 5.74) is 3.23. The molecule has 6 heteroatoms. The van der Waals surface area contributed by atoms with Crippen molar-refractivity contribution in [1.82, 2.24) is 14.9 Å². The summed E-state index contributed by atoms with van der Waals surface area (Å²) in [6, 6.07) is 9.36. The van der Waals surface area contributed by atoms with Crippen molar-refractivity contribution in [2.45, 2.75) is 26.4 Å². The highest BCUT2D eigenvalue weighted by molar-refractivity contribution is 5.83. The van der Waals surface area contributed by atoms with Crippen LogP contribution in [0.1, 0.15) is 19.4 Å². The summed E-state index contributed by atoms with van der Waals surface area (Å²) < 4.78 is 13.6. The Morgan fingerprint density at radius 2 is 2.00 bits per heavy atom. The van der Waals surface area contributed by atoms with Crippen LogP contribution in [0.3, 0.4) is 0 Å². The van der Waals surface area contributed by atoms with E-state index in [0.29, 0.717) is 6.04 Å². The molecular formula is C21H26FN5. The van der Waals surface area contributed by atoms with Gasteiger partial charge < -0.3 is 15.2 Å². The molecule has 1 saturated heterocycles. The molecule has 5 nitrogen and oxygen atoms in total. The number of H-pyrrole nitrogens is 1. The van der Waals surface area contributed by atoms with Crippen LogP contribution in [0.2, 0.25) is 0 Å². The summed E-state index contributed by atoms with van der Waals surface area (Å²) in [4.78, 5) is 12.6. The summed E-state index contributed by atoms with van der Waals surface area (Å²) in [7, 11) is 0. The summed E-state index contributed by atoms with van der Waals surface area (Å²) in [5.74, 6) is 0.841. The Labute approximate surface area is 159 Å². The van der Waals surface area contributed by atoms with Crippen LogP contribution in [-0.4, -0.2) is 47.1 Å². The van der Waals surface area contributed by atoms with E-state index in [9.17, 15) is 4.39 Å². The minimum Gasteiger partial charge on any atom is -0.380 e. The lowest BCUT2D eigenvalue weighted by molar-refractivity contribution is 0.250. The first-order chi connectivity index (χ1) is 13.1. The number of nitrogens with one attached hydrogen (secondary N) is 2. The van der Waals surface area contributed by atoms with Crippen LogP contribution in [0.4, 0.5) is 15.9 Å². The standard InChI is InChI=1S/C21H26FN5/c1-15(2)25-20-4-3-7-23-21(20)27-10-8-26(9-11-27)14-16-13-24-19-6-5-17(22)12-18(16)19/h3-7,12-13,15,24-25H,8-11,14H2,1-2H3. The molecule has 0 radical (unpaired) electrons. The minimum absolute atomic E-state index is 0.187. The van der Waals surface area contributed by atoms with E-state index in [-0.39, 0.29) is 5.82 Å². The molecule has 2 N–H and O–H groups in total. The zero-order valence-electron chi connectivity index (χ0n) is 15.9. The molecule has 0 saturated carbocycles. The molecule has 1 aromatic carbocycles. The Morgan fingerprint density at radius 3 is 2.78 bits per heavy atom. The van der Waals surface area contributed by atoms with E-state index in [0.717, 1.165) is 60.7 Å². The van der Waals surface area contributed by atoms with E-state index in [4.69, 9.17) is 0 Å². The first kappa shape index (κ1) is 17.8. The normalized spacial score (nSPS) is 15.6. The Hall–Kier alpha value is -2.60. The third-order valence-corrected chi connectivity index (χ3v) is 5.03. The van der Waals surface area contributed by atoms with Gasteiger partial charge in [-0.15, -0.1) is 0 Å². The van der Waals surface area contributed by atoms with Crippen molar-refractivity contribution in [2.24, 2.45) is 0 Å². The van der Waals surface area contributed by atoms with Crippen LogP contribution >= 0.6 is 0 Å². The number of aromatic amines is 1. The number of hydrogen-bond acceptors (Lipinski definition) is 4. The zero-order valence-corrected chi connectivity index (χ0v) is 15.9. The van der Waals surface area contributed by atoms with Gasteiger partial charge >= 0.3 is 0 Å². The van der Waals surface area contributed by atoms with E-state index in [1.165, 1.54) is 6.07 Å². The molecule has 3 aromatic rings. The number of rotatable bonds is 5. The van der Waals surface area contributed by atoms with Gasteiger partial charge in [-0.1, -0.05) is 0 Å². The van der Waals surface area contributed by atoms with Gasteiger partial charge in [0.1, 0.15) is 5.82 Å². The largest absolute Gasteiger partial charge is 0.380 e. The van der Waals surface area contributed by atoms with Crippen molar-refractivity contribution in [3.63, 3.8) is 0 Å². The first-order valence-electron chi connectivity index (χ1n) is 9.54. The van der Waals surface area contributed by atoms with Crippen molar-refractivity contribution < 1.29 is 4.39 Å². The number of halogens is 1. The lowest BCUT2D eigenvalue weighted by Gasteiger charge is -2.36. The minimum atomic E-state index is -0.187. The predicted octanol–water partition coefficient (Wildman–Crippen LogP) is 3.84. The molecule has 1 aliphatic heterocycles. The van der Waals surface area contributed by atoms with Gasteiger partial charge in [0, 0.05) is 62.1 Å². The molecule has 27 heavy (non-hydrogen) atoms. The van der Waals surface area contributed by atoms with Gasteiger partial charge in [-0.25, -0.2) is 9.37 Å². The molecule has 142 valence electrons. The van der Waals surface area contributed by atoms with Crippen LogP contribution in [0.5, 0.6) is 0 Å². The van der Waals surface area contributed by atoms with Crippen LogP contribution in [0.25, 0.3) is 10.9 Å². The molecule has 1 fully saturated rings. The monoisotopic (exact) mass is 367 g/mol. The third-order valence-electron chi connectivity index (χ3n) is 5.03. The summed E-state index contributed by atoms with van der Waals surface area (Å²) >= 11 is 0. The molecule has 2 aromatic heterocycles. The molecular weight excluding hydrogens is 341 g/mol. The van der Waals surface area contributed by atoms with Gasteiger partial charge in [0.2, 0.25) is 0 Å². The van der Waals surface area contributed by atoms with Crippen molar-refractivity contribution >= 4 is 22.4 Å². The Morgan fingerprint density at radius 1 is 1.19 bits per heavy atom. The second-order valence-corrected chi connectivity index (χ2v) is 7.44. The van der Waals surface area contributed by atoms with E-state index >= 15 is 0 Å². The topological polar surface area (TPSA) is 47.2 Å². The van der Waals surface area contributed by atoms with Crippen LogP contribution in [0.15, 0.2) is 42.7 Å². The maximum atomic E-state index is 13.6. The van der Waals surface area contributed by atoms with E-state index in [2.05, 4.69) is 45.0 Å². The van der Waals surface area contributed by atoms with Crippen molar-refractivity contribution in [3.8, 4) is 0 Å². The number of benzene rings is 1. The van der Waals surface area contributed by atoms with E-state index in [1.54, 1.807) is 12.1 Å². The number of aromatic nitrogens is 2. The van der Waals surface area contributed by atoms with E-state index < -0.39 is 0 Å². The van der Waals surface area contributed by atoms with Gasteiger partial charge in [-0.05, 0) is 49.7 Å². The second-order valence-electron chi connectivity index (χ2n) is 7.44. The van der Waals surface area contributed by atoms with Gasteiger partial charge in [0.15, 0.2) is 5.82 Å². The first-order valence-corrected chi connectivity index (χ1v) is 9.54. The highest BCUT2D eigenvalue weighted by Crippen LogP contribution is 2.26. The fourth-order valence-corrected chi connectivity index (χ4v) is 3.71. The summed E-state index contributed by atoms with van der Waals surface area (Å²) in [6.45, 7) is 8.88. The average molecular weight is 367 g/mol. The van der Waals surface area contributed by atoms with E-state index in [1.807, 2.05) is 18.5 Å². The van der Waals surface area contributed by atoms with Crippen LogP contribution in [-0.2, 0) is 6.54 Å². The third kappa shape index (κ3) is 3.90. The fraction of sp³-hybridized carbons (Fsp3) is 0.381. The molecule has 0 aliphatic carbocycles. The Kier molecular flexibility index (Phi) is 4.99. The highest BCUT2D eigenvalue weighted by atomic mass is 19.1. The number of hydrogen-bond donors (Lipinski definition) is 2. The van der Waals surface area contributed by atoms with Gasteiger partial charge in [-0.3, -0.25) is 4.90 Å². The van der Waals surface area contributed by atoms with Crippen LogP contribution in [0, 0.1) is 5.82 Å². The maximum absolute atomic E-state index is 13.6. The Bertz CT molecular complexity index is 912. The number of pyridine rings is 1. The number of anilines is 2. The lowest BCUT2D eigenvalue weighted by atomic mass is 10.1. The van der Waals surface area contributed by atoms with Crippen LogP contribution < -0.4 is 10.2 Å². The molecule has 1 aliphatic rings. The molecule has 0 atom stereocenters. The number of piperazine rings is 1. The molecule has 0 amide bonds. The smallest absolute Gasteiger partial charge is 0.152 e. The highest BCUT2D eigenvalue weighted by Gasteiger charge is 2.21. The zero-order chi connectivity index (χ0) is 18.8. The predicted molar refractivity (Wildman–Crippen MR) is 109 cm³/mol. The molecule has 3 heterocycles. The average Bonchev–Trinajstić information content (AvgIpc) is 3.04. The van der Waals surface area contributed by atoms with Gasteiger partial charge in [0.25, 0.3) is 0 Å². The van der Waals surface area contributed by atoms with Gasteiger partial charge in [-0.2, -0.15) is 0 Å². The van der Waals surface area contributed by atoms with Crippen molar-refractivity contribution in [3.05, 3.63) is 54.1 Å². The fourth-order valence-electron chi connectivity index (χ4n) is 3.71. The van der Waals surface area contributed by atoms with Crippen molar-refractivity contribution in [2.75, 3.05) is 36.4 Å². The van der Waals surface area contributed by atoms with Gasteiger partial charge in [0.05, 0.1) is 5.69 Å².